The van der Waals surface area contributed by atoms with Gasteiger partial charge in [0.15, 0.2) is 6.61 Å². The summed E-state index contributed by atoms with van der Waals surface area (Å²) in [4.78, 5) is 13.5. The molecule has 2 amide bonds. The van der Waals surface area contributed by atoms with Crippen LogP contribution in [0, 0.1) is 5.82 Å². The van der Waals surface area contributed by atoms with Gasteiger partial charge in [-0.25, -0.2) is 9.18 Å². The Labute approximate surface area is 129 Å². The summed E-state index contributed by atoms with van der Waals surface area (Å²) in [5.41, 5.74) is -0.192. The predicted molar refractivity (Wildman–Crippen MR) is 73.8 cm³/mol. The van der Waals surface area contributed by atoms with E-state index >= 15 is 0 Å². The number of hydrogen-bond donors (Lipinski definition) is 2. The average Bonchev–Trinajstić information content (AvgIpc) is 3.27. The van der Waals surface area contributed by atoms with Gasteiger partial charge in [-0.05, 0) is 25.0 Å². The summed E-state index contributed by atoms with van der Waals surface area (Å²) >= 11 is 0. The minimum atomic E-state index is -4.55. The third-order valence-electron chi connectivity index (χ3n) is 3.16. The van der Waals surface area contributed by atoms with Gasteiger partial charge in [0.2, 0.25) is 0 Å². The van der Waals surface area contributed by atoms with Crippen LogP contribution in [0.2, 0.25) is 0 Å². The van der Waals surface area contributed by atoms with Crippen molar-refractivity contribution < 1.29 is 32.2 Å². The summed E-state index contributed by atoms with van der Waals surface area (Å²) in [6.45, 7) is -1.71. The van der Waals surface area contributed by atoms with Crippen LogP contribution in [0.3, 0.4) is 0 Å². The molecule has 0 aromatic heterocycles. The van der Waals surface area contributed by atoms with Crippen LogP contribution in [0.1, 0.15) is 12.8 Å². The van der Waals surface area contributed by atoms with Gasteiger partial charge in [0, 0.05) is 18.7 Å². The molecule has 0 saturated heterocycles. The maximum atomic E-state index is 13.3. The third-order valence-corrected chi connectivity index (χ3v) is 3.16. The van der Waals surface area contributed by atoms with Crippen molar-refractivity contribution in [3.63, 3.8) is 0 Å². The first kappa shape index (κ1) is 17.3. The topological polar surface area (TPSA) is 61.8 Å². The van der Waals surface area contributed by atoms with E-state index in [0.717, 1.165) is 31.0 Å². The first-order valence-corrected chi connectivity index (χ1v) is 6.98. The van der Waals surface area contributed by atoms with Gasteiger partial charge in [0.05, 0.1) is 12.3 Å². The maximum absolute atomic E-state index is 13.3. The Hall–Kier alpha value is -2.03. The Kier molecular flexibility index (Phi) is 5.30. The first-order chi connectivity index (χ1) is 10.8. The fraction of sp³-hybridized carbons (Fsp3) is 0.500. The molecule has 128 valence electrons. The van der Waals surface area contributed by atoms with Gasteiger partial charge in [-0.2, -0.15) is 13.2 Å². The summed E-state index contributed by atoms with van der Waals surface area (Å²) in [6.07, 6.45) is -2.98. The van der Waals surface area contributed by atoms with Crippen LogP contribution in [-0.2, 0) is 0 Å². The molecule has 1 aromatic rings. The number of alkyl halides is 3. The van der Waals surface area contributed by atoms with E-state index in [1.165, 1.54) is 4.90 Å². The highest BCUT2D eigenvalue weighted by Crippen LogP contribution is 2.30. The Morgan fingerprint density at radius 2 is 2.09 bits per heavy atom. The van der Waals surface area contributed by atoms with Crippen molar-refractivity contribution in [2.24, 2.45) is 0 Å². The number of carbonyl (C=O) groups excluding carboxylic acids is 1. The summed E-state index contributed by atoms with van der Waals surface area (Å²) < 4.78 is 54.6. The SMILES string of the molecule is O=C(Nc1cc(F)ccc1OCC(F)(F)F)N(CCO)C1CC1. The minimum absolute atomic E-state index is 0.0183. The first-order valence-electron chi connectivity index (χ1n) is 6.98. The van der Waals surface area contributed by atoms with Crippen molar-refractivity contribution in [3.05, 3.63) is 24.0 Å². The number of amides is 2. The minimum Gasteiger partial charge on any atom is -0.482 e. The largest absolute Gasteiger partial charge is 0.482 e. The molecule has 1 aliphatic rings. The molecule has 0 atom stereocenters. The lowest BCUT2D eigenvalue weighted by Gasteiger charge is -2.22. The summed E-state index contributed by atoms with van der Waals surface area (Å²) in [6, 6.07) is 2.20. The highest BCUT2D eigenvalue weighted by Gasteiger charge is 2.33. The summed E-state index contributed by atoms with van der Waals surface area (Å²) in [7, 11) is 0. The number of hydrogen-bond acceptors (Lipinski definition) is 3. The summed E-state index contributed by atoms with van der Waals surface area (Å²) in [5.74, 6) is -1.00. The highest BCUT2D eigenvalue weighted by atomic mass is 19.4. The van der Waals surface area contributed by atoms with E-state index < -0.39 is 24.6 Å². The normalized spacial score (nSPS) is 14.5. The molecule has 0 bridgehead atoms. The zero-order valence-electron chi connectivity index (χ0n) is 12.1. The lowest BCUT2D eigenvalue weighted by molar-refractivity contribution is -0.153. The predicted octanol–water partition coefficient (Wildman–Crippen LogP) is 2.76. The van der Waals surface area contributed by atoms with E-state index in [4.69, 9.17) is 5.11 Å². The van der Waals surface area contributed by atoms with Gasteiger partial charge < -0.3 is 20.1 Å². The van der Waals surface area contributed by atoms with Crippen molar-refractivity contribution in [3.8, 4) is 5.75 Å². The van der Waals surface area contributed by atoms with E-state index in [9.17, 15) is 22.4 Å². The fourth-order valence-electron chi connectivity index (χ4n) is 2.02. The number of ether oxygens (including phenoxy) is 1. The molecule has 5 nitrogen and oxygen atoms in total. The van der Waals surface area contributed by atoms with Gasteiger partial charge in [-0.1, -0.05) is 0 Å². The lowest BCUT2D eigenvalue weighted by atomic mass is 10.3. The zero-order valence-corrected chi connectivity index (χ0v) is 12.1. The van der Waals surface area contributed by atoms with Crippen LogP contribution < -0.4 is 10.1 Å². The second-order valence-electron chi connectivity index (χ2n) is 5.12. The van der Waals surface area contributed by atoms with E-state index in [0.29, 0.717) is 0 Å². The average molecular weight is 336 g/mol. The third kappa shape index (κ3) is 5.27. The number of nitrogens with zero attached hydrogens (tertiary/aromatic N) is 1. The number of anilines is 1. The number of urea groups is 1. The fourth-order valence-corrected chi connectivity index (χ4v) is 2.02. The van der Waals surface area contributed by atoms with Crippen LogP contribution >= 0.6 is 0 Å². The number of aliphatic hydroxyl groups is 1. The van der Waals surface area contributed by atoms with Crippen molar-refractivity contribution in [2.45, 2.75) is 25.1 Å². The lowest BCUT2D eigenvalue weighted by Crippen LogP contribution is -2.38. The number of aliphatic hydroxyl groups excluding tert-OH is 1. The number of rotatable bonds is 6. The smallest absolute Gasteiger partial charge is 0.422 e. The number of nitrogens with one attached hydrogen (secondary N) is 1. The van der Waals surface area contributed by atoms with E-state index in [-0.39, 0.29) is 30.6 Å². The van der Waals surface area contributed by atoms with Gasteiger partial charge in [0.25, 0.3) is 0 Å². The molecule has 2 rings (SSSR count). The molecule has 0 aliphatic heterocycles. The maximum Gasteiger partial charge on any atom is 0.422 e. The molecule has 1 aliphatic carbocycles. The molecule has 1 fully saturated rings. The summed E-state index contributed by atoms with van der Waals surface area (Å²) in [5, 5.41) is 11.3. The molecule has 2 N–H and O–H groups in total. The van der Waals surface area contributed by atoms with Crippen molar-refractivity contribution in [1.29, 1.82) is 0 Å². The number of halogens is 4. The van der Waals surface area contributed by atoms with Crippen LogP contribution in [-0.4, -0.2) is 48.0 Å². The highest BCUT2D eigenvalue weighted by molar-refractivity contribution is 5.91. The quantitative estimate of drug-likeness (QED) is 0.785. The molecule has 23 heavy (non-hydrogen) atoms. The molecule has 1 saturated carbocycles. The molecule has 1 aromatic carbocycles. The monoisotopic (exact) mass is 336 g/mol. The Morgan fingerprint density at radius 1 is 1.39 bits per heavy atom. The molecule has 9 heteroatoms. The number of carbonyl (C=O) groups is 1. The van der Waals surface area contributed by atoms with Crippen molar-refractivity contribution in [1.82, 2.24) is 4.90 Å². The molecule has 0 spiro atoms. The molecule has 0 radical (unpaired) electrons. The van der Waals surface area contributed by atoms with Gasteiger partial charge in [0.1, 0.15) is 11.6 Å². The second kappa shape index (κ2) is 7.03. The molecular formula is C14H16F4N2O3. The van der Waals surface area contributed by atoms with Crippen molar-refractivity contribution >= 4 is 11.7 Å². The molecule has 0 unspecified atom stereocenters. The van der Waals surface area contributed by atoms with Crippen LogP contribution in [0.4, 0.5) is 28.0 Å². The second-order valence-corrected chi connectivity index (χ2v) is 5.12. The van der Waals surface area contributed by atoms with Crippen LogP contribution in [0.25, 0.3) is 0 Å². The van der Waals surface area contributed by atoms with Gasteiger partial charge in [-0.3, -0.25) is 0 Å². The Balaban J connectivity index is 2.10. The molecular weight excluding hydrogens is 320 g/mol. The Bertz CT molecular complexity index is 561. The number of benzene rings is 1. The Morgan fingerprint density at radius 3 is 2.65 bits per heavy atom. The van der Waals surface area contributed by atoms with E-state index in [1.54, 1.807) is 0 Å². The van der Waals surface area contributed by atoms with Crippen LogP contribution in [0.5, 0.6) is 5.75 Å². The molecule has 0 heterocycles. The zero-order chi connectivity index (χ0) is 17.0. The van der Waals surface area contributed by atoms with E-state index in [1.807, 2.05) is 0 Å². The standard InChI is InChI=1S/C14H16F4N2O3/c15-9-1-4-12(23-8-14(16,17)18)11(7-9)19-13(22)20(5-6-21)10-2-3-10/h1,4,7,10,21H,2-3,5-6,8H2,(H,19,22). The van der Waals surface area contributed by atoms with Gasteiger partial charge >= 0.3 is 12.2 Å². The van der Waals surface area contributed by atoms with Gasteiger partial charge in [-0.15, -0.1) is 0 Å². The van der Waals surface area contributed by atoms with E-state index in [2.05, 4.69) is 10.1 Å². The van der Waals surface area contributed by atoms with Crippen LogP contribution in [0.15, 0.2) is 18.2 Å². The van der Waals surface area contributed by atoms with Crippen molar-refractivity contribution in [2.75, 3.05) is 25.1 Å².